The Morgan fingerprint density at radius 3 is 2.86 bits per heavy atom. The second kappa shape index (κ2) is 5.34. The molecule has 14 heavy (non-hydrogen) atoms. The van der Waals surface area contributed by atoms with Crippen molar-refractivity contribution in [1.82, 2.24) is 5.32 Å². The molecule has 0 saturated carbocycles. The largest absolute Gasteiger partial charge is 0.506 e. The van der Waals surface area contributed by atoms with Gasteiger partial charge in [0.1, 0.15) is 5.75 Å². The van der Waals surface area contributed by atoms with Crippen LogP contribution in [0.15, 0.2) is 22.7 Å². The Labute approximate surface area is 91.9 Å². The summed E-state index contributed by atoms with van der Waals surface area (Å²) in [5.41, 5.74) is 0.819. The quantitative estimate of drug-likeness (QED) is 0.771. The molecule has 0 aliphatic carbocycles. The number of nitrogens with one attached hydrogen (secondary N) is 1. The summed E-state index contributed by atoms with van der Waals surface area (Å²) >= 11 is 3.24. The van der Waals surface area contributed by atoms with Gasteiger partial charge in [-0.1, -0.05) is 12.1 Å². The molecule has 1 rings (SSSR count). The smallest absolute Gasteiger partial charge is 0.134 e. The van der Waals surface area contributed by atoms with E-state index in [1.54, 1.807) is 6.07 Å². The minimum absolute atomic E-state index is 0.0355. The SMILES string of the molecule is CC(CO)NCc1cccc(Br)c1O. The first kappa shape index (κ1) is 11.5. The number of aliphatic hydroxyl groups excluding tert-OH is 1. The molecule has 78 valence electrons. The van der Waals surface area contributed by atoms with Gasteiger partial charge in [-0.05, 0) is 28.9 Å². The van der Waals surface area contributed by atoms with Crippen LogP contribution >= 0.6 is 15.9 Å². The van der Waals surface area contributed by atoms with Gasteiger partial charge in [0.2, 0.25) is 0 Å². The second-order valence-corrected chi connectivity index (χ2v) is 4.07. The van der Waals surface area contributed by atoms with Crippen LogP contribution in [-0.2, 0) is 6.54 Å². The van der Waals surface area contributed by atoms with Gasteiger partial charge in [0.25, 0.3) is 0 Å². The minimum atomic E-state index is 0.0355. The van der Waals surface area contributed by atoms with Crippen LogP contribution in [0.1, 0.15) is 12.5 Å². The standard InChI is InChI=1S/C10H14BrNO2/c1-7(6-13)12-5-8-3-2-4-9(11)10(8)14/h2-4,7,12-14H,5-6H2,1H3. The summed E-state index contributed by atoms with van der Waals surface area (Å²) in [6.07, 6.45) is 0. The third kappa shape index (κ3) is 2.97. The molecule has 0 aromatic heterocycles. The summed E-state index contributed by atoms with van der Waals surface area (Å²) in [7, 11) is 0. The second-order valence-electron chi connectivity index (χ2n) is 3.21. The molecule has 3 nitrogen and oxygen atoms in total. The monoisotopic (exact) mass is 259 g/mol. The predicted molar refractivity (Wildman–Crippen MR) is 59.2 cm³/mol. The van der Waals surface area contributed by atoms with Crippen LogP contribution in [0.5, 0.6) is 5.75 Å². The fraction of sp³-hybridized carbons (Fsp3) is 0.400. The van der Waals surface area contributed by atoms with E-state index >= 15 is 0 Å². The number of para-hydroxylation sites is 1. The Morgan fingerprint density at radius 2 is 2.21 bits per heavy atom. The minimum Gasteiger partial charge on any atom is -0.506 e. The van der Waals surface area contributed by atoms with Crippen molar-refractivity contribution in [3.05, 3.63) is 28.2 Å². The van der Waals surface area contributed by atoms with Gasteiger partial charge in [-0.3, -0.25) is 0 Å². The maximum Gasteiger partial charge on any atom is 0.134 e. The normalized spacial score (nSPS) is 12.8. The molecular formula is C10H14BrNO2. The van der Waals surface area contributed by atoms with E-state index in [4.69, 9.17) is 5.11 Å². The van der Waals surface area contributed by atoms with E-state index in [0.29, 0.717) is 11.0 Å². The van der Waals surface area contributed by atoms with Crippen LogP contribution in [0.2, 0.25) is 0 Å². The highest BCUT2D eigenvalue weighted by Gasteiger charge is 2.05. The summed E-state index contributed by atoms with van der Waals surface area (Å²) in [4.78, 5) is 0. The van der Waals surface area contributed by atoms with E-state index in [2.05, 4.69) is 21.2 Å². The number of hydrogen-bond acceptors (Lipinski definition) is 3. The Kier molecular flexibility index (Phi) is 4.38. The van der Waals surface area contributed by atoms with Crippen LogP contribution < -0.4 is 5.32 Å². The molecule has 0 fully saturated rings. The number of aliphatic hydroxyl groups is 1. The molecule has 0 radical (unpaired) electrons. The maximum absolute atomic E-state index is 9.63. The molecule has 0 aliphatic rings. The van der Waals surface area contributed by atoms with E-state index in [0.717, 1.165) is 5.56 Å². The molecule has 0 bridgehead atoms. The topological polar surface area (TPSA) is 52.5 Å². The summed E-state index contributed by atoms with van der Waals surface area (Å²) in [6, 6.07) is 5.53. The van der Waals surface area contributed by atoms with Crippen LogP contribution in [0.4, 0.5) is 0 Å². The predicted octanol–water partition coefficient (Wildman–Crippen LogP) is 1.63. The first-order valence-electron chi connectivity index (χ1n) is 4.45. The third-order valence-electron chi connectivity index (χ3n) is 1.99. The number of phenolic OH excluding ortho intramolecular Hbond substituents is 1. The van der Waals surface area contributed by atoms with E-state index in [1.807, 2.05) is 19.1 Å². The highest BCUT2D eigenvalue weighted by atomic mass is 79.9. The number of aromatic hydroxyl groups is 1. The lowest BCUT2D eigenvalue weighted by Crippen LogP contribution is -2.28. The molecule has 0 heterocycles. The molecule has 3 N–H and O–H groups in total. The van der Waals surface area contributed by atoms with Crippen molar-refractivity contribution in [2.75, 3.05) is 6.61 Å². The van der Waals surface area contributed by atoms with Gasteiger partial charge in [-0.25, -0.2) is 0 Å². The molecule has 1 atom stereocenters. The van der Waals surface area contributed by atoms with E-state index in [9.17, 15) is 5.11 Å². The Balaban J connectivity index is 2.63. The zero-order valence-corrected chi connectivity index (χ0v) is 9.58. The molecular weight excluding hydrogens is 246 g/mol. The average molecular weight is 260 g/mol. The van der Waals surface area contributed by atoms with Crippen molar-refractivity contribution < 1.29 is 10.2 Å². The lowest BCUT2D eigenvalue weighted by atomic mass is 10.2. The van der Waals surface area contributed by atoms with Crippen LogP contribution in [0.3, 0.4) is 0 Å². The fourth-order valence-corrected chi connectivity index (χ4v) is 1.46. The van der Waals surface area contributed by atoms with E-state index in [-0.39, 0.29) is 18.4 Å². The van der Waals surface area contributed by atoms with Gasteiger partial charge in [-0.2, -0.15) is 0 Å². The lowest BCUT2D eigenvalue weighted by molar-refractivity contribution is 0.250. The van der Waals surface area contributed by atoms with Gasteiger partial charge in [-0.15, -0.1) is 0 Å². The van der Waals surface area contributed by atoms with Gasteiger partial charge >= 0.3 is 0 Å². The van der Waals surface area contributed by atoms with Crippen molar-refractivity contribution in [2.24, 2.45) is 0 Å². The maximum atomic E-state index is 9.63. The lowest BCUT2D eigenvalue weighted by Gasteiger charge is -2.11. The third-order valence-corrected chi connectivity index (χ3v) is 2.63. The summed E-state index contributed by atoms with van der Waals surface area (Å²) in [6.45, 7) is 2.52. The molecule has 4 heteroatoms. The van der Waals surface area contributed by atoms with E-state index < -0.39 is 0 Å². The Morgan fingerprint density at radius 1 is 1.50 bits per heavy atom. The van der Waals surface area contributed by atoms with Crippen molar-refractivity contribution in [3.8, 4) is 5.75 Å². The van der Waals surface area contributed by atoms with E-state index in [1.165, 1.54) is 0 Å². The Hall–Kier alpha value is -0.580. The van der Waals surface area contributed by atoms with Gasteiger partial charge in [0.05, 0.1) is 11.1 Å². The van der Waals surface area contributed by atoms with Crippen molar-refractivity contribution >= 4 is 15.9 Å². The zero-order chi connectivity index (χ0) is 10.6. The average Bonchev–Trinajstić information content (AvgIpc) is 2.20. The molecule has 0 spiro atoms. The van der Waals surface area contributed by atoms with Crippen LogP contribution in [0, 0.1) is 0 Å². The molecule has 1 unspecified atom stereocenters. The number of benzene rings is 1. The van der Waals surface area contributed by atoms with Crippen LogP contribution in [-0.4, -0.2) is 22.9 Å². The summed E-state index contributed by atoms with van der Waals surface area (Å²) in [5, 5.41) is 21.5. The number of hydrogen-bond donors (Lipinski definition) is 3. The highest BCUT2D eigenvalue weighted by molar-refractivity contribution is 9.10. The zero-order valence-electron chi connectivity index (χ0n) is 8.00. The Bertz CT molecular complexity index is 304. The summed E-state index contributed by atoms with van der Waals surface area (Å²) in [5.74, 6) is 0.255. The first-order valence-corrected chi connectivity index (χ1v) is 5.25. The molecule has 0 aliphatic heterocycles. The van der Waals surface area contributed by atoms with Gasteiger partial charge in [0.15, 0.2) is 0 Å². The number of rotatable bonds is 4. The van der Waals surface area contributed by atoms with Crippen LogP contribution in [0.25, 0.3) is 0 Å². The van der Waals surface area contributed by atoms with Crippen molar-refractivity contribution in [2.45, 2.75) is 19.5 Å². The van der Waals surface area contributed by atoms with Crippen molar-refractivity contribution in [3.63, 3.8) is 0 Å². The molecule has 0 saturated heterocycles. The molecule has 1 aromatic carbocycles. The van der Waals surface area contributed by atoms with Gasteiger partial charge in [0, 0.05) is 18.2 Å². The number of phenols is 1. The fourth-order valence-electron chi connectivity index (χ4n) is 1.05. The van der Waals surface area contributed by atoms with Crippen molar-refractivity contribution in [1.29, 1.82) is 0 Å². The molecule has 1 aromatic rings. The molecule has 0 amide bonds. The highest BCUT2D eigenvalue weighted by Crippen LogP contribution is 2.27. The van der Waals surface area contributed by atoms with Gasteiger partial charge < -0.3 is 15.5 Å². The first-order chi connectivity index (χ1) is 6.65. The summed E-state index contributed by atoms with van der Waals surface area (Å²) < 4.78 is 0.688. The number of halogens is 1.